The Labute approximate surface area is 123 Å². The summed E-state index contributed by atoms with van der Waals surface area (Å²) < 4.78 is 26.7. The van der Waals surface area contributed by atoms with Crippen molar-refractivity contribution >= 4 is 44.7 Å². The molecule has 0 radical (unpaired) electrons. The fourth-order valence-corrected chi connectivity index (χ4v) is 4.28. The number of carboxylic acids is 1. The normalized spacial score (nSPS) is 11.3. The van der Waals surface area contributed by atoms with Gasteiger partial charge in [-0.25, -0.2) is 18.2 Å². The number of hydrogen-bond acceptors (Lipinski definition) is 6. The molecule has 20 heavy (non-hydrogen) atoms. The van der Waals surface area contributed by atoms with Crippen molar-refractivity contribution in [1.82, 2.24) is 9.97 Å². The minimum absolute atomic E-state index is 0.0352. The quantitative estimate of drug-likeness (QED) is 0.828. The number of hydrogen-bond donors (Lipinski definition) is 2. The van der Waals surface area contributed by atoms with E-state index in [0.717, 1.165) is 11.3 Å². The molecule has 2 aromatic heterocycles. The van der Waals surface area contributed by atoms with Crippen molar-refractivity contribution in [2.75, 3.05) is 4.72 Å². The highest BCUT2D eigenvalue weighted by atomic mass is 35.5. The van der Waals surface area contributed by atoms with Gasteiger partial charge in [0.1, 0.15) is 15.6 Å². The van der Waals surface area contributed by atoms with Gasteiger partial charge in [0.15, 0.2) is 0 Å². The molecule has 0 bridgehead atoms. The summed E-state index contributed by atoms with van der Waals surface area (Å²) in [5.74, 6) is -1.34. The molecule has 7 nitrogen and oxygen atoms in total. The van der Waals surface area contributed by atoms with Crippen LogP contribution >= 0.6 is 22.9 Å². The number of carboxylic acid groups (broad SMARTS) is 1. The van der Waals surface area contributed by atoms with E-state index in [1.807, 2.05) is 0 Å². The van der Waals surface area contributed by atoms with E-state index in [2.05, 4.69) is 14.7 Å². The van der Waals surface area contributed by atoms with Crippen molar-refractivity contribution in [2.24, 2.45) is 0 Å². The Morgan fingerprint density at radius 2 is 2.20 bits per heavy atom. The first-order valence-electron chi connectivity index (χ1n) is 5.14. The number of sulfonamides is 1. The summed E-state index contributed by atoms with van der Waals surface area (Å²) in [4.78, 5) is 17.8. The topological polar surface area (TPSA) is 109 Å². The molecule has 0 unspecified atom stereocenters. The van der Waals surface area contributed by atoms with Gasteiger partial charge in [-0.2, -0.15) is 4.98 Å². The lowest BCUT2D eigenvalue weighted by Crippen LogP contribution is -2.17. The van der Waals surface area contributed by atoms with Crippen LogP contribution < -0.4 is 4.72 Å². The van der Waals surface area contributed by atoms with Crippen LogP contribution in [0.1, 0.15) is 15.2 Å². The zero-order valence-corrected chi connectivity index (χ0v) is 12.4. The number of aryl methyl sites for hydroxylation is 1. The summed E-state index contributed by atoms with van der Waals surface area (Å²) in [6, 6.07) is 1.31. The number of aromatic nitrogens is 2. The number of halogens is 1. The van der Waals surface area contributed by atoms with Gasteiger partial charge in [0.05, 0.1) is 0 Å². The molecule has 2 aromatic rings. The van der Waals surface area contributed by atoms with Crippen molar-refractivity contribution in [2.45, 2.75) is 11.8 Å². The van der Waals surface area contributed by atoms with E-state index in [-0.39, 0.29) is 20.9 Å². The third-order valence-electron chi connectivity index (χ3n) is 2.25. The van der Waals surface area contributed by atoms with Gasteiger partial charge < -0.3 is 5.11 Å². The standard InChI is InChI=1S/C10H8ClN3O4S2/c1-5-4-19-7(9(15)16)8(5)20(17,18)14-6-2-3-12-10(11)13-6/h2-4H,1H3,(H,15,16)(H,12,13,14). The summed E-state index contributed by atoms with van der Waals surface area (Å²) in [6.45, 7) is 1.52. The monoisotopic (exact) mass is 333 g/mol. The molecule has 0 aromatic carbocycles. The van der Waals surface area contributed by atoms with E-state index in [1.54, 1.807) is 0 Å². The van der Waals surface area contributed by atoms with Gasteiger partial charge in [0.2, 0.25) is 5.28 Å². The molecule has 0 amide bonds. The second kappa shape index (κ2) is 5.35. The second-order valence-electron chi connectivity index (χ2n) is 3.70. The highest BCUT2D eigenvalue weighted by Gasteiger charge is 2.27. The third kappa shape index (κ3) is 2.89. The van der Waals surface area contributed by atoms with E-state index in [9.17, 15) is 13.2 Å². The molecule has 0 aliphatic rings. The Morgan fingerprint density at radius 3 is 2.80 bits per heavy atom. The molecule has 0 saturated heterocycles. The van der Waals surface area contributed by atoms with Gasteiger partial charge in [0, 0.05) is 6.20 Å². The van der Waals surface area contributed by atoms with E-state index in [4.69, 9.17) is 16.7 Å². The van der Waals surface area contributed by atoms with Crippen LogP contribution in [-0.4, -0.2) is 29.5 Å². The van der Waals surface area contributed by atoms with Crippen LogP contribution in [0.2, 0.25) is 5.28 Å². The Kier molecular flexibility index (Phi) is 3.93. The molecule has 0 saturated carbocycles. The summed E-state index contributed by atoms with van der Waals surface area (Å²) >= 11 is 6.41. The van der Waals surface area contributed by atoms with Crippen molar-refractivity contribution in [1.29, 1.82) is 0 Å². The highest BCUT2D eigenvalue weighted by Crippen LogP contribution is 2.28. The number of aromatic carboxylic acids is 1. The van der Waals surface area contributed by atoms with Crippen molar-refractivity contribution < 1.29 is 18.3 Å². The van der Waals surface area contributed by atoms with Crippen LogP contribution in [0, 0.1) is 6.92 Å². The van der Waals surface area contributed by atoms with Crippen molar-refractivity contribution in [3.05, 3.63) is 33.4 Å². The molecule has 106 valence electrons. The SMILES string of the molecule is Cc1csc(C(=O)O)c1S(=O)(=O)Nc1ccnc(Cl)n1. The predicted molar refractivity (Wildman–Crippen MR) is 73.9 cm³/mol. The number of anilines is 1. The number of nitrogens with one attached hydrogen (secondary N) is 1. The van der Waals surface area contributed by atoms with E-state index in [1.165, 1.54) is 24.6 Å². The summed E-state index contributed by atoms with van der Waals surface area (Å²) in [5, 5.41) is 10.4. The Balaban J connectivity index is 2.46. The summed E-state index contributed by atoms with van der Waals surface area (Å²) in [6.07, 6.45) is 1.28. The predicted octanol–water partition coefficient (Wildman–Crippen LogP) is 2.00. The minimum Gasteiger partial charge on any atom is -0.477 e. The van der Waals surface area contributed by atoms with Crippen molar-refractivity contribution in [3.63, 3.8) is 0 Å². The molecule has 0 aliphatic heterocycles. The average molecular weight is 334 g/mol. The van der Waals surface area contributed by atoms with Crippen LogP contribution in [0.15, 0.2) is 22.5 Å². The maximum Gasteiger partial charge on any atom is 0.347 e. The number of nitrogens with zero attached hydrogens (tertiary/aromatic N) is 2. The maximum atomic E-state index is 12.2. The Bertz CT molecular complexity index is 773. The molecule has 0 spiro atoms. The lowest BCUT2D eigenvalue weighted by Gasteiger charge is -2.08. The van der Waals surface area contributed by atoms with Gasteiger partial charge in [-0.05, 0) is 35.5 Å². The first-order valence-corrected chi connectivity index (χ1v) is 7.88. The van der Waals surface area contributed by atoms with Crippen molar-refractivity contribution in [3.8, 4) is 0 Å². The molecule has 0 atom stereocenters. The van der Waals surface area contributed by atoms with Crippen LogP contribution in [0.25, 0.3) is 0 Å². The fourth-order valence-electron chi connectivity index (χ4n) is 1.50. The molecule has 2 rings (SSSR count). The average Bonchev–Trinajstić information content (AvgIpc) is 2.71. The lowest BCUT2D eigenvalue weighted by atomic mass is 10.3. The molecule has 2 N–H and O–H groups in total. The van der Waals surface area contributed by atoms with E-state index in [0.29, 0.717) is 5.56 Å². The largest absolute Gasteiger partial charge is 0.477 e. The molecule has 0 aliphatic carbocycles. The van der Waals surface area contributed by atoms with Gasteiger partial charge in [0.25, 0.3) is 10.0 Å². The smallest absolute Gasteiger partial charge is 0.347 e. The molecular formula is C10H8ClN3O4S2. The van der Waals surface area contributed by atoms with Crippen LogP contribution in [0.4, 0.5) is 5.82 Å². The van der Waals surface area contributed by atoms with Gasteiger partial charge in [-0.15, -0.1) is 11.3 Å². The van der Waals surface area contributed by atoms with Gasteiger partial charge >= 0.3 is 5.97 Å². The van der Waals surface area contributed by atoms with E-state index < -0.39 is 16.0 Å². The first kappa shape index (κ1) is 14.7. The molecule has 10 heteroatoms. The van der Waals surface area contributed by atoms with Gasteiger partial charge in [-0.3, -0.25) is 4.72 Å². The van der Waals surface area contributed by atoms with E-state index >= 15 is 0 Å². The second-order valence-corrected chi connectivity index (χ2v) is 6.54. The number of carbonyl (C=O) groups is 1. The third-order valence-corrected chi connectivity index (χ3v) is 5.18. The molecule has 2 heterocycles. The zero-order chi connectivity index (χ0) is 14.9. The molecule has 0 fully saturated rings. The van der Waals surface area contributed by atoms with Gasteiger partial charge in [-0.1, -0.05) is 0 Å². The first-order chi connectivity index (χ1) is 9.31. The maximum absolute atomic E-state index is 12.2. The Hall–Kier alpha value is -1.71. The van der Waals surface area contributed by atoms with Crippen LogP contribution in [0.3, 0.4) is 0 Å². The fraction of sp³-hybridized carbons (Fsp3) is 0.100. The highest BCUT2D eigenvalue weighted by molar-refractivity contribution is 7.93. The number of rotatable bonds is 4. The summed E-state index contributed by atoms with van der Waals surface area (Å²) in [7, 11) is -4.06. The Morgan fingerprint density at radius 1 is 1.50 bits per heavy atom. The minimum atomic E-state index is -4.06. The molecular weight excluding hydrogens is 326 g/mol. The van der Waals surface area contributed by atoms with Crippen LogP contribution in [-0.2, 0) is 10.0 Å². The lowest BCUT2D eigenvalue weighted by molar-refractivity contribution is 0.0698. The summed E-state index contributed by atoms with van der Waals surface area (Å²) in [5.41, 5.74) is 0.347. The zero-order valence-electron chi connectivity index (χ0n) is 9.99. The van der Waals surface area contributed by atoms with Crippen LogP contribution in [0.5, 0.6) is 0 Å². The number of thiophene rings is 1.